The minimum atomic E-state index is -4.66. The second kappa shape index (κ2) is 5.31. The second-order valence-corrected chi connectivity index (χ2v) is 7.17. The molecule has 3 rings (SSSR count). The Morgan fingerprint density at radius 1 is 1.17 bits per heavy atom. The fourth-order valence-electron chi connectivity index (χ4n) is 2.25. The number of aromatic nitrogens is 2. The molecule has 0 bridgehead atoms. The summed E-state index contributed by atoms with van der Waals surface area (Å²) in [5.41, 5.74) is 0.172. The molecule has 1 aliphatic rings. The van der Waals surface area contributed by atoms with Gasteiger partial charge in [-0.15, -0.1) is 0 Å². The molecule has 0 amide bonds. The third-order valence-corrected chi connectivity index (χ3v) is 4.07. The van der Waals surface area contributed by atoms with Crippen LogP contribution in [-0.2, 0) is 16.2 Å². The van der Waals surface area contributed by atoms with Gasteiger partial charge in [0.05, 0.1) is 11.8 Å². The summed E-state index contributed by atoms with van der Waals surface area (Å²) < 4.78 is 63.4. The van der Waals surface area contributed by atoms with Gasteiger partial charge >= 0.3 is 6.18 Å². The highest BCUT2D eigenvalue weighted by atomic mass is 32.2. The number of anilines is 1. The number of benzene rings is 1. The lowest BCUT2D eigenvalue weighted by Gasteiger charge is -2.12. The van der Waals surface area contributed by atoms with Crippen LogP contribution < -0.4 is 10.0 Å². The SMILES string of the molecule is CS(=O)(=O)NC1CC1Nc1nc(C(F)(F)F)nc2ccccc12. The average molecular weight is 346 g/mol. The lowest BCUT2D eigenvalue weighted by molar-refractivity contribution is -0.144. The van der Waals surface area contributed by atoms with E-state index in [4.69, 9.17) is 0 Å². The monoisotopic (exact) mass is 346 g/mol. The average Bonchev–Trinajstić information content (AvgIpc) is 3.13. The first-order valence-electron chi connectivity index (χ1n) is 6.71. The van der Waals surface area contributed by atoms with E-state index >= 15 is 0 Å². The summed E-state index contributed by atoms with van der Waals surface area (Å²) in [5, 5.41) is 3.32. The van der Waals surface area contributed by atoms with Gasteiger partial charge < -0.3 is 5.32 Å². The van der Waals surface area contributed by atoms with Gasteiger partial charge in [0, 0.05) is 17.5 Å². The lowest BCUT2D eigenvalue weighted by Crippen LogP contribution is -2.28. The molecule has 0 spiro atoms. The molecule has 1 heterocycles. The number of nitrogens with one attached hydrogen (secondary N) is 2. The number of halogens is 3. The van der Waals surface area contributed by atoms with E-state index in [0.717, 1.165) is 6.26 Å². The van der Waals surface area contributed by atoms with E-state index in [1.165, 1.54) is 6.07 Å². The van der Waals surface area contributed by atoms with E-state index in [-0.39, 0.29) is 23.4 Å². The first-order valence-corrected chi connectivity index (χ1v) is 8.60. The number of fused-ring (bicyclic) bond motifs is 1. The Kier molecular flexibility index (Phi) is 3.68. The molecule has 2 atom stereocenters. The minimum Gasteiger partial charge on any atom is -0.365 e. The van der Waals surface area contributed by atoms with Crippen LogP contribution in [0, 0.1) is 0 Å². The van der Waals surface area contributed by atoms with Gasteiger partial charge in [-0.05, 0) is 18.6 Å². The highest BCUT2D eigenvalue weighted by molar-refractivity contribution is 7.88. The zero-order valence-corrected chi connectivity index (χ0v) is 12.7. The summed E-state index contributed by atoms with van der Waals surface area (Å²) in [5.74, 6) is -1.18. The Hall–Kier alpha value is -1.94. The van der Waals surface area contributed by atoms with Gasteiger partial charge in [0.1, 0.15) is 5.82 Å². The number of rotatable bonds is 4. The third kappa shape index (κ3) is 3.70. The molecule has 1 saturated carbocycles. The molecule has 1 aromatic carbocycles. The van der Waals surface area contributed by atoms with E-state index in [0.29, 0.717) is 11.8 Å². The van der Waals surface area contributed by atoms with Gasteiger partial charge in [0.15, 0.2) is 0 Å². The van der Waals surface area contributed by atoms with Crippen LogP contribution in [0.4, 0.5) is 19.0 Å². The first-order chi connectivity index (χ1) is 10.6. The van der Waals surface area contributed by atoms with Crippen LogP contribution in [0.15, 0.2) is 24.3 Å². The van der Waals surface area contributed by atoms with Gasteiger partial charge in [-0.3, -0.25) is 0 Å². The molecule has 0 radical (unpaired) electrons. The summed E-state index contributed by atoms with van der Waals surface area (Å²) in [6, 6.07) is 5.68. The summed E-state index contributed by atoms with van der Waals surface area (Å²) in [7, 11) is -3.36. The molecule has 124 valence electrons. The zero-order chi connectivity index (χ0) is 16.8. The fraction of sp³-hybridized carbons (Fsp3) is 0.385. The van der Waals surface area contributed by atoms with Crippen LogP contribution in [0.2, 0.25) is 0 Å². The third-order valence-electron chi connectivity index (χ3n) is 3.33. The molecule has 0 saturated heterocycles. The smallest absolute Gasteiger partial charge is 0.365 e. The number of sulfonamides is 1. The molecule has 2 N–H and O–H groups in total. The molecule has 2 aromatic rings. The highest BCUT2D eigenvalue weighted by Crippen LogP contribution is 2.33. The molecule has 23 heavy (non-hydrogen) atoms. The minimum absolute atomic E-state index is 0.0470. The number of nitrogens with zero attached hydrogens (tertiary/aromatic N) is 2. The molecule has 1 fully saturated rings. The summed E-state index contributed by atoms with van der Waals surface area (Å²) in [6.07, 6.45) is -3.15. The van der Waals surface area contributed by atoms with Gasteiger partial charge in [0.2, 0.25) is 15.8 Å². The Morgan fingerprint density at radius 2 is 1.87 bits per heavy atom. The van der Waals surface area contributed by atoms with Crippen molar-refractivity contribution in [2.75, 3.05) is 11.6 Å². The van der Waals surface area contributed by atoms with Crippen LogP contribution in [0.1, 0.15) is 12.2 Å². The number of hydrogen-bond acceptors (Lipinski definition) is 5. The van der Waals surface area contributed by atoms with E-state index in [1.807, 2.05) is 0 Å². The molecular weight excluding hydrogens is 333 g/mol. The van der Waals surface area contributed by atoms with Crippen LogP contribution in [0.25, 0.3) is 10.9 Å². The molecular formula is C13H13F3N4O2S. The van der Waals surface area contributed by atoms with Crippen molar-refractivity contribution in [2.45, 2.75) is 24.7 Å². The predicted octanol–water partition coefficient (Wildman–Crippen LogP) is 1.75. The molecule has 1 aromatic heterocycles. The van der Waals surface area contributed by atoms with Gasteiger partial charge in [-0.25, -0.2) is 23.1 Å². The highest BCUT2D eigenvalue weighted by Gasteiger charge is 2.41. The van der Waals surface area contributed by atoms with Crippen LogP contribution in [-0.4, -0.2) is 36.7 Å². The predicted molar refractivity (Wildman–Crippen MR) is 78.3 cm³/mol. The largest absolute Gasteiger partial charge is 0.451 e. The van der Waals surface area contributed by atoms with E-state index in [2.05, 4.69) is 20.0 Å². The molecule has 0 aliphatic heterocycles. The molecule has 1 aliphatic carbocycles. The van der Waals surface area contributed by atoms with Crippen molar-refractivity contribution in [3.05, 3.63) is 30.1 Å². The second-order valence-electron chi connectivity index (χ2n) is 5.39. The Labute approximate surface area is 130 Å². The summed E-state index contributed by atoms with van der Waals surface area (Å²) in [6.45, 7) is 0. The fourth-order valence-corrected chi connectivity index (χ4v) is 3.06. The molecule has 6 nitrogen and oxygen atoms in total. The van der Waals surface area contributed by atoms with Crippen molar-refractivity contribution in [3.8, 4) is 0 Å². The van der Waals surface area contributed by atoms with Crippen LogP contribution >= 0.6 is 0 Å². The first kappa shape index (κ1) is 15.9. The Morgan fingerprint density at radius 3 is 2.52 bits per heavy atom. The lowest BCUT2D eigenvalue weighted by atomic mass is 10.2. The maximum atomic E-state index is 12.9. The molecule has 10 heteroatoms. The number of alkyl halides is 3. The Balaban J connectivity index is 1.91. The topological polar surface area (TPSA) is 84.0 Å². The Bertz CT molecular complexity index is 854. The quantitative estimate of drug-likeness (QED) is 0.881. The van der Waals surface area contributed by atoms with Crippen molar-refractivity contribution < 1.29 is 21.6 Å². The normalized spacial score (nSPS) is 21.4. The van der Waals surface area contributed by atoms with Crippen molar-refractivity contribution in [1.82, 2.24) is 14.7 Å². The maximum Gasteiger partial charge on any atom is 0.451 e. The summed E-state index contributed by atoms with van der Waals surface area (Å²) in [4.78, 5) is 7.08. The number of para-hydroxylation sites is 1. The zero-order valence-electron chi connectivity index (χ0n) is 11.9. The van der Waals surface area contributed by atoms with Gasteiger partial charge in [0.25, 0.3) is 0 Å². The van der Waals surface area contributed by atoms with Crippen LogP contribution in [0.5, 0.6) is 0 Å². The van der Waals surface area contributed by atoms with Crippen LogP contribution in [0.3, 0.4) is 0 Å². The van der Waals surface area contributed by atoms with E-state index < -0.39 is 22.0 Å². The number of hydrogen-bond donors (Lipinski definition) is 2. The van der Waals surface area contributed by atoms with Crippen molar-refractivity contribution in [2.24, 2.45) is 0 Å². The van der Waals surface area contributed by atoms with Gasteiger partial charge in [-0.2, -0.15) is 13.2 Å². The maximum absolute atomic E-state index is 12.9. The van der Waals surface area contributed by atoms with Crippen molar-refractivity contribution in [3.63, 3.8) is 0 Å². The summed E-state index contributed by atoms with van der Waals surface area (Å²) >= 11 is 0. The van der Waals surface area contributed by atoms with Gasteiger partial charge in [-0.1, -0.05) is 12.1 Å². The van der Waals surface area contributed by atoms with Crippen molar-refractivity contribution in [1.29, 1.82) is 0 Å². The molecule has 2 unspecified atom stereocenters. The standard InChI is InChI=1S/C13H13F3N4O2S/c1-23(21,22)20-10-6-9(10)17-11-7-4-2-3-5-8(7)18-12(19-11)13(14,15)16/h2-5,9-10,20H,6H2,1H3,(H,17,18,19). The van der Waals surface area contributed by atoms with Crippen molar-refractivity contribution >= 4 is 26.7 Å². The van der Waals surface area contributed by atoms with E-state index in [1.54, 1.807) is 18.2 Å². The van der Waals surface area contributed by atoms with E-state index in [9.17, 15) is 21.6 Å².